The van der Waals surface area contributed by atoms with Crippen molar-refractivity contribution in [2.24, 2.45) is 29.6 Å². The van der Waals surface area contributed by atoms with Gasteiger partial charge in [0.15, 0.2) is 0 Å². The molecule has 0 aromatic heterocycles. The van der Waals surface area contributed by atoms with Crippen molar-refractivity contribution >= 4 is 11.6 Å². The van der Waals surface area contributed by atoms with Crippen LogP contribution >= 0.6 is 11.6 Å². The van der Waals surface area contributed by atoms with Crippen molar-refractivity contribution in [3.8, 4) is 0 Å². The number of piperazine rings is 1. The molecule has 5 rings (SSSR count). The van der Waals surface area contributed by atoms with E-state index in [1.54, 1.807) is 0 Å². The number of aliphatic hydroxyl groups excluding tert-OH is 2. The molecule has 8 heteroatoms. The molecule has 32 heavy (non-hydrogen) atoms. The summed E-state index contributed by atoms with van der Waals surface area (Å²) in [7, 11) is 0. The van der Waals surface area contributed by atoms with Gasteiger partial charge in [0.05, 0.1) is 18.9 Å². The molecule has 2 aliphatic heterocycles. The molecule has 0 amide bonds. The first-order valence-electron chi connectivity index (χ1n) is 13.1. The van der Waals surface area contributed by atoms with Crippen LogP contribution in [0.2, 0.25) is 0 Å². The Bertz CT molecular complexity index is 625. The summed E-state index contributed by atoms with van der Waals surface area (Å²) in [6.07, 6.45) is 6.19. The molecular formula is C24H42ClFN4O2. The monoisotopic (exact) mass is 472 g/mol. The van der Waals surface area contributed by atoms with Crippen molar-refractivity contribution in [2.75, 3.05) is 46.0 Å². The second-order valence-corrected chi connectivity index (χ2v) is 11.7. The van der Waals surface area contributed by atoms with Crippen LogP contribution in [0.25, 0.3) is 0 Å². The molecule has 0 aromatic carbocycles. The molecule has 4 N–H and O–H groups in total. The van der Waals surface area contributed by atoms with Crippen molar-refractivity contribution in [1.82, 2.24) is 20.4 Å². The van der Waals surface area contributed by atoms with Crippen LogP contribution in [-0.4, -0.2) is 95.9 Å². The van der Waals surface area contributed by atoms with E-state index in [1.807, 2.05) is 0 Å². The Morgan fingerprint density at radius 2 is 1.72 bits per heavy atom. The lowest BCUT2D eigenvalue weighted by molar-refractivity contribution is -0.0761. The smallest absolute Gasteiger partial charge is 0.120 e. The van der Waals surface area contributed by atoms with E-state index in [-0.39, 0.29) is 48.0 Å². The fraction of sp³-hybridized carbons (Fsp3) is 1.00. The van der Waals surface area contributed by atoms with Gasteiger partial charge in [-0.3, -0.25) is 20.4 Å². The number of alkyl halides is 2. The standard InChI is InChI=1S/C24H42ClFN4O2/c25-20-13-19-23(27-14-28-24(19)30-7-5-29(6-8-30)9-10-31)22(26)21(20)18-12-16(32)11-15-3-1-2-4-17(15)18/h15-24,27-28,31-32H,1-14H2. The summed E-state index contributed by atoms with van der Waals surface area (Å²) >= 11 is 7.05. The number of fused-ring (bicyclic) bond motifs is 2. The summed E-state index contributed by atoms with van der Waals surface area (Å²) in [6.45, 7) is 5.32. The van der Waals surface area contributed by atoms with Gasteiger partial charge in [-0.25, -0.2) is 4.39 Å². The largest absolute Gasteiger partial charge is 0.395 e. The predicted molar refractivity (Wildman–Crippen MR) is 124 cm³/mol. The van der Waals surface area contributed by atoms with Gasteiger partial charge in [0.25, 0.3) is 0 Å². The van der Waals surface area contributed by atoms with E-state index in [4.69, 9.17) is 11.6 Å². The lowest BCUT2D eigenvalue weighted by atomic mass is 9.57. The Balaban J connectivity index is 1.29. The molecule has 2 saturated heterocycles. The average Bonchev–Trinajstić information content (AvgIpc) is 2.79. The molecule has 3 aliphatic carbocycles. The number of hydrogen-bond donors (Lipinski definition) is 4. The Morgan fingerprint density at radius 1 is 0.938 bits per heavy atom. The highest BCUT2D eigenvalue weighted by Crippen LogP contribution is 2.52. The van der Waals surface area contributed by atoms with Crippen LogP contribution < -0.4 is 10.6 Å². The van der Waals surface area contributed by atoms with Crippen molar-refractivity contribution < 1.29 is 14.6 Å². The summed E-state index contributed by atoms with van der Waals surface area (Å²) in [4.78, 5) is 4.76. The second kappa shape index (κ2) is 10.3. The molecule has 5 aliphatic rings. The Hall–Kier alpha value is -0.0200. The number of β-amino-alcohol motifs (C(OH)–C–C–N with tert-alkyl or cyclic N) is 1. The predicted octanol–water partition coefficient (Wildman–Crippen LogP) is 1.60. The third-order valence-corrected chi connectivity index (χ3v) is 9.96. The molecule has 3 saturated carbocycles. The number of aliphatic hydroxyl groups is 2. The molecule has 0 aromatic rings. The summed E-state index contributed by atoms with van der Waals surface area (Å²) in [5, 5.41) is 26.7. The number of nitrogens with zero attached hydrogens (tertiary/aromatic N) is 2. The molecule has 184 valence electrons. The van der Waals surface area contributed by atoms with E-state index < -0.39 is 6.17 Å². The van der Waals surface area contributed by atoms with Gasteiger partial charge in [0, 0.05) is 62.6 Å². The van der Waals surface area contributed by atoms with E-state index in [9.17, 15) is 10.2 Å². The summed E-state index contributed by atoms with van der Waals surface area (Å²) in [6, 6.07) is -0.169. The van der Waals surface area contributed by atoms with Crippen molar-refractivity contribution in [3.05, 3.63) is 0 Å². The molecule has 10 unspecified atom stereocenters. The zero-order valence-corrected chi connectivity index (χ0v) is 20.0. The molecule has 0 radical (unpaired) electrons. The molecule has 10 atom stereocenters. The number of hydrogen-bond acceptors (Lipinski definition) is 6. The molecular weight excluding hydrogens is 431 g/mol. The van der Waals surface area contributed by atoms with Crippen LogP contribution in [0.15, 0.2) is 0 Å². The van der Waals surface area contributed by atoms with Gasteiger partial charge in [-0.1, -0.05) is 19.3 Å². The van der Waals surface area contributed by atoms with E-state index in [1.165, 1.54) is 25.7 Å². The molecule has 6 nitrogen and oxygen atoms in total. The van der Waals surface area contributed by atoms with Gasteiger partial charge in [0.2, 0.25) is 0 Å². The van der Waals surface area contributed by atoms with Crippen molar-refractivity contribution in [2.45, 2.75) is 74.8 Å². The minimum absolute atomic E-state index is 0.150. The zero-order chi connectivity index (χ0) is 22.2. The highest BCUT2D eigenvalue weighted by atomic mass is 35.5. The first-order chi connectivity index (χ1) is 15.6. The molecule has 0 spiro atoms. The minimum Gasteiger partial charge on any atom is -0.395 e. The fourth-order valence-electron chi connectivity index (χ4n) is 8.04. The average molecular weight is 473 g/mol. The highest BCUT2D eigenvalue weighted by Gasteiger charge is 2.54. The third-order valence-electron chi connectivity index (χ3n) is 9.49. The van der Waals surface area contributed by atoms with Crippen molar-refractivity contribution in [3.63, 3.8) is 0 Å². The second-order valence-electron chi connectivity index (χ2n) is 11.1. The van der Waals surface area contributed by atoms with Crippen LogP contribution in [0, 0.1) is 29.6 Å². The van der Waals surface area contributed by atoms with Crippen LogP contribution in [-0.2, 0) is 0 Å². The quantitative estimate of drug-likeness (QED) is 0.466. The van der Waals surface area contributed by atoms with Gasteiger partial charge in [-0.15, -0.1) is 11.6 Å². The van der Waals surface area contributed by atoms with E-state index in [0.717, 1.165) is 52.0 Å². The van der Waals surface area contributed by atoms with Gasteiger partial charge in [-0.05, 0) is 43.4 Å². The maximum absolute atomic E-state index is 16.3. The Kier molecular flexibility index (Phi) is 7.64. The lowest BCUT2D eigenvalue weighted by Crippen LogP contribution is -2.71. The Labute approximate surface area is 197 Å². The summed E-state index contributed by atoms with van der Waals surface area (Å²) < 4.78 is 16.3. The molecule has 2 heterocycles. The van der Waals surface area contributed by atoms with Crippen LogP contribution in [0.5, 0.6) is 0 Å². The van der Waals surface area contributed by atoms with Crippen LogP contribution in [0.1, 0.15) is 44.9 Å². The maximum Gasteiger partial charge on any atom is 0.120 e. The number of nitrogens with one attached hydrogen (secondary N) is 2. The molecule has 5 fully saturated rings. The minimum atomic E-state index is -0.964. The number of rotatable bonds is 4. The van der Waals surface area contributed by atoms with Gasteiger partial charge < -0.3 is 10.2 Å². The lowest BCUT2D eigenvalue weighted by Gasteiger charge is -2.55. The zero-order valence-electron chi connectivity index (χ0n) is 19.2. The third kappa shape index (κ3) is 4.60. The first kappa shape index (κ1) is 23.7. The SMILES string of the molecule is OCCN1CCN(C2NCNC3C(F)C(C4CC(O)CC5CCCCC54)C(Cl)CC32)CC1. The Morgan fingerprint density at radius 3 is 2.50 bits per heavy atom. The first-order valence-corrected chi connectivity index (χ1v) is 13.5. The highest BCUT2D eigenvalue weighted by molar-refractivity contribution is 6.21. The van der Waals surface area contributed by atoms with Gasteiger partial charge in [-0.2, -0.15) is 0 Å². The van der Waals surface area contributed by atoms with Gasteiger partial charge in [0.1, 0.15) is 6.17 Å². The van der Waals surface area contributed by atoms with E-state index >= 15 is 4.39 Å². The fourth-order valence-corrected chi connectivity index (χ4v) is 8.57. The maximum atomic E-state index is 16.3. The van der Waals surface area contributed by atoms with E-state index in [2.05, 4.69) is 20.4 Å². The summed E-state index contributed by atoms with van der Waals surface area (Å²) in [5.41, 5.74) is 0. The van der Waals surface area contributed by atoms with Crippen LogP contribution in [0.4, 0.5) is 4.39 Å². The normalized spacial score (nSPS) is 48.8. The van der Waals surface area contributed by atoms with Crippen molar-refractivity contribution in [1.29, 1.82) is 0 Å². The topological polar surface area (TPSA) is 71.0 Å². The number of halogens is 2. The summed E-state index contributed by atoms with van der Waals surface area (Å²) in [5.74, 6) is 1.28. The van der Waals surface area contributed by atoms with E-state index in [0.29, 0.717) is 18.5 Å². The van der Waals surface area contributed by atoms with Crippen LogP contribution in [0.3, 0.4) is 0 Å². The van der Waals surface area contributed by atoms with Gasteiger partial charge >= 0.3 is 0 Å². The molecule has 0 bridgehead atoms.